The second-order valence-corrected chi connectivity index (χ2v) is 22.4. The van der Waals surface area contributed by atoms with Crippen molar-refractivity contribution in [3.05, 3.63) is 314 Å². The van der Waals surface area contributed by atoms with E-state index in [9.17, 15) is 0 Å². The number of halogens is 2. The minimum Gasteiger partial charge on any atom is -0.309 e. The molecule has 6 nitrogen and oxygen atoms in total. The van der Waals surface area contributed by atoms with Crippen molar-refractivity contribution in [3.8, 4) is 113 Å². The second kappa shape index (κ2) is 22.0. The highest BCUT2D eigenvalue weighted by Crippen LogP contribution is 2.46. The summed E-state index contributed by atoms with van der Waals surface area (Å²) >= 11 is 0. The average molecular weight is 1150 g/mol. The van der Waals surface area contributed by atoms with Crippen molar-refractivity contribution in [2.45, 2.75) is 6.92 Å². The molecular weight excluding hydrogens is 1090 g/mol. The van der Waals surface area contributed by atoms with Gasteiger partial charge in [0.25, 0.3) is 0 Å². The molecule has 0 N–H and O–H groups in total. The predicted octanol–water partition coefficient (Wildman–Crippen LogP) is 21.1. The summed E-state index contributed by atoms with van der Waals surface area (Å²) < 4.78 is 38.6. The van der Waals surface area contributed by atoms with Crippen LogP contribution in [0.1, 0.15) is 5.56 Å². The van der Waals surface area contributed by atoms with Gasteiger partial charge in [0.05, 0.1) is 84.6 Å². The maximum Gasteiger partial charge on any atom is 0.134 e. The van der Waals surface area contributed by atoms with E-state index in [4.69, 9.17) is 19.9 Å². The van der Waals surface area contributed by atoms with E-state index in [0.29, 0.717) is 11.3 Å². The Morgan fingerprint density at radius 2 is 0.539 bits per heavy atom. The van der Waals surface area contributed by atoms with Gasteiger partial charge in [-0.1, -0.05) is 200 Å². The Kier molecular flexibility index (Phi) is 13.0. The van der Waals surface area contributed by atoms with Gasteiger partial charge in [0, 0.05) is 71.6 Å². The van der Waals surface area contributed by atoms with E-state index < -0.39 is 11.6 Å². The van der Waals surface area contributed by atoms with Gasteiger partial charge in [0.15, 0.2) is 0 Å². The summed E-state index contributed by atoms with van der Waals surface area (Å²) in [7, 11) is 0. The van der Waals surface area contributed by atoms with E-state index >= 15 is 8.78 Å². The summed E-state index contributed by atoms with van der Waals surface area (Å²) in [5.41, 5.74) is 20.2. The van der Waals surface area contributed by atoms with Gasteiger partial charge in [-0.2, -0.15) is 0 Å². The first kappa shape index (κ1) is 52.8. The SMILES string of the molecule is Cc1c(-n2c3cc(-c4cccc(-c5ccccc5)n4)ccc3c3ccc(-c4cccc(-c5ccccc5)n4)cc32)ccc(-c2c(F)cccc2F)c1-n1c2cc(-c3cccc(-c4ccccc4)n3)ccc2c2ccc(-c3cccc(-c4ccccc4)n3)cc21. The first-order chi connectivity index (χ1) is 43.9. The molecule has 0 saturated carbocycles. The smallest absolute Gasteiger partial charge is 0.134 e. The van der Waals surface area contributed by atoms with Crippen LogP contribution in [0.15, 0.2) is 297 Å². The van der Waals surface area contributed by atoms with Crippen LogP contribution in [0.3, 0.4) is 0 Å². The third kappa shape index (κ3) is 9.42. The van der Waals surface area contributed by atoms with Gasteiger partial charge in [0.1, 0.15) is 11.6 Å². The van der Waals surface area contributed by atoms with Gasteiger partial charge in [-0.25, -0.2) is 28.7 Å². The van der Waals surface area contributed by atoms with Crippen LogP contribution in [0.25, 0.3) is 156 Å². The zero-order valence-electron chi connectivity index (χ0n) is 48.2. The molecule has 6 aromatic heterocycles. The summed E-state index contributed by atoms with van der Waals surface area (Å²) in [6.45, 7) is 2.08. The molecule has 0 bridgehead atoms. The Morgan fingerprint density at radius 3 is 0.854 bits per heavy atom. The summed E-state index contributed by atoms with van der Waals surface area (Å²) in [6.07, 6.45) is 0. The predicted molar refractivity (Wildman–Crippen MR) is 360 cm³/mol. The molecule has 0 saturated heterocycles. The van der Waals surface area contributed by atoms with Gasteiger partial charge >= 0.3 is 0 Å². The fourth-order valence-electron chi connectivity index (χ4n) is 12.8. The van der Waals surface area contributed by atoms with Crippen LogP contribution in [0.5, 0.6) is 0 Å². The van der Waals surface area contributed by atoms with Crippen molar-refractivity contribution >= 4 is 43.6 Å². The first-order valence-electron chi connectivity index (χ1n) is 29.7. The first-order valence-corrected chi connectivity index (χ1v) is 29.7. The van der Waals surface area contributed by atoms with Crippen LogP contribution < -0.4 is 0 Å². The molecule has 0 fully saturated rings. The van der Waals surface area contributed by atoms with Crippen LogP contribution >= 0.6 is 0 Å². The summed E-state index contributed by atoms with van der Waals surface area (Å²) in [6, 6.07) is 99.2. The van der Waals surface area contributed by atoms with Crippen LogP contribution in [-0.2, 0) is 0 Å². The number of hydrogen-bond donors (Lipinski definition) is 0. The molecule has 0 aliphatic heterocycles. The minimum atomic E-state index is -0.675. The van der Waals surface area contributed by atoms with E-state index in [0.717, 1.165) is 145 Å². The molecule has 0 radical (unpaired) electrons. The number of benzene rings is 10. The molecule has 6 heterocycles. The van der Waals surface area contributed by atoms with Gasteiger partial charge < -0.3 is 9.13 Å². The number of aromatic nitrogens is 6. The lowest BCUT2D eigenvalue weighted by Crippen LogP contribution is -2.07. The van der Waals surface area contributed by atoms with Gasteiger partial charge in [-0.05, 0) is 110 Å². The number of rotatable bonds is 11. The average Bonchev–Trinajstić information content (AvgIpc) is 1.68. The molecule has 0 spiro atoms. The highest BCUT2D eigenvalue weighted by molar-refractivity contribution is 6.13. The highest BCUT2D eigenvalue weighted by Gasteiger charge is 2.27. The summed E-state index contributed by atoms with van der Waals surface area (Å²) in [5, 5.41) is 3.94. The Balaban J connectivity index is 0.989. The molecular formula is C81H52F2N6. The van der Waals surface area contributed by atoms with Crippen LogP contribution in [-0.4, -0.2) is 29.1 Å². The van der Waals surface area contributed by atoms with E-state index in [1.165, 1.54) is 18.2 Å². The number of nitrogens with zero attached hydrogens (tertiary/aromatic N) is 6. The van der Waals surface area contributed by atoms with Gasteiger partial charge in [-0.15, -0.1) is 0 Å². The van der Waals surface area contributed by atoms with E-state index in [-0.39, 0.29) is 5.56 Å². The molecule has 16 rings (SSSR count). The molecule has 8 heteroatoms. The third-order valence-corrected chi connectivity index (χ3v) is 17.1. The van der Waals surface area contributed by atoms with Crippen LogP contribution in [0.2, 0.25) is 0 Å². The van der Waals surface area contributed by atoms with E-state index in [1.807, 2.05) is 133 Å². The molecule has 0 aliphatic rings. The Bertz CT molecular complexity index is 5110. The molecule has 10 aromatic carbocycles. The van der Waals surface area contributed by atoms with E-state index in [1.54, 1.807) is 0 Å². The number of fused-ring (bicyclic) bond motifs is 6. The zero-order valence-corrected chi connectivity index (χ0v) is 48.2. The largest absolute Gasteiger partial charge is 0.309 e. The summed E-state index contributed by atoms with van der Waals surface area (Å²) in [5.74, 6) is -1.35. The number of hydrogen-bond acceptors (Lipinski definition) is 4. The van der Waals surface area contributed by atoms with Crippen molar-refractivity contribution in [3.63, 3.8) is 0 Å². The maximum atomic E-state index is 17.0. The maximum absolute atomic E-state index is 17.0. The molecule has 89 heavy (non-hydrogen) atoms. The molecule has 0 aliphatic carbocycles. The fourth-order valence-corrected chi connectivity index (χ4v) is 12.8. The van der Waals surface area contributed by atoms with Crippen molar-refractivity contribution in [2.24, 2.45) is 0 Å². The lowest BCUT2D eigenvalue weighted by Gasteiger charge is -2.22. The lowest BCUT2D eigenvalue weighted by molar-refractivity contribution is 0.589. The molecule has 0 unspecified atom stereocenters. The Morgan fingerprint density at radius 1 is 0.258 bits per heavy atom. The fraction of sp³-hybridized carbons (Fsp3) is 0.0123. The van der Waals surface area contributed by atoms with Crippen molar-refractivity contribution in [2.75, 3.05) is 0 Å². The lowest BCUT2D eigenvalue weighted by atomic mass is 9.97. The van der Waals surface area contributed by atoms with E-state index in [2.05, 4.69) is 162 Å². The Labute approximate surface area is 512 Å². The number of pyridine rings is 4. The van der Waals surface area contributed by atoms with Gasteiger partial charge in [0.2, 0.25) is 0 Å². The summed E-state index contributed by atoms with van der Waals surface area (Å²) in [4.78, 5) is 21.0. The Hall–Kier alpha value is -11.7. The van der Waals surface area contributed by atoms with Gasteiger partial charge in [-0.3, -0.25) is 0 Å². The molecule has 0 amide bonds. The normalized spacial score (nSPS) is 11.5. The monoisotopic (exact) mass is 1150 g/mol. The van der Waals surface area contributed by atoms with Crippen LogP contribution in [0, 0.1) is 18.6 Å². The van der Waals surface area contributed by atoms with Crippen molar-refractivity contribution in [1.82, 2.24) is 29.1 Å². The quantitative estimate of drug-likeness (QED) is 0.129. The third-order valence-electron chi connectivity index (χ3n) is 17.1. The standard InChI is InChI=1S/C81H52F2N6/c1-51-75(88-76-47-56(71-33-15-29-67(84-71)52-19-6-2-7-20-52)37-41-60(76)61-42-38-57(48-77(61)88)72-34-16-30-68(85-72)53-21-8-3-9-22-53)46-45-64(80-65(82)27-14-28-66(80)83)81(51)89-78-49-58(73-35-17-31-69(86-73)54-23-10-4-11-24-54)39-43-62(78)63-44-40-59(50-79(63)89)74-36-18-32-70(87-74)55-25-12-5-13-26-55/h2-50H,1H3. The zero-order chi connectivity index (χ0) is 59.5. The molecule has 420 valence electrons. The second-order valence-electron chi connectivity index (χ2n) is 22.4. The molecule has 0 atom stereocenters. The van der Waals surface area contributed by atoms with Crippen molar-refractivity contribution < 1.29 is 8.78 Å². The highest BCUT2D eigenvalue weighted by atomic mass is 19.1. The van der Waals surface area contributed by atoms with Crippen LogP contribution in [0.4, 0.5) is 8.78 Å². The minimum absolute atomic E-state index is 0.130. The molecule has 16 aromatic rings. The topological polar surface area (TPSA) is 61.4 Å². The van der Waals surface area contributed by atoms with Crippen molar-refractivity contribution in [1.29, 1.82) is 0 Å².